The summed E-state index contributed by atoms with van der Waals surface area (Å²) in [5.74, 6) is -0.557. The predicted molar refractivity (Wildman–Crippen MR) is 71.1 cm³/mol. The van der Waals surface area contributed by atoms with Gasteiger partial charge in [0.2, 0.25) is 0 Å². The van der Waals surface area contributed by atoms with E-state index >= 15 is 0 Å². The lowest BCUT2D eigenvalue weighted by Gasteiger charge is -2.36. The van der Waals surface area contributed by atoms with Gasteiger partial charge in [-0.2, -0.15) is 0 Å². The lowest BCUT2D eigenvalue weighted by molar-refractivity contribution is -0.0858. The molecule has 1 aliphatic rings. The summed E-state index contributed by atoms with van der Waals surface area (Å²) in [6.45, 7) is 2.34. The lowest BCUT2D eigenvalue weighted by Crippen LogP contribution is -2.50. The summed E-state index contributed by atoms with van der Waals surface area (Å²) in [5.41, 5.74) is 0.179. The van der Waals surface area contributed by atoms with Crippen molar-refractivity contribution in [3.8, 4) is 0 Å². The third kappa shape index (κ3) is 3.05. The summed E-state index contributed by atoms with van der Waals surface area (Å²) < 4.78 is 18.8. The molecular weight excluding hydrogens is 265 g/mol. The predicted octanol–water partition coefficient (Wildman–Crippen LogP) is 0.484. The number of pyridine rings is 1. The Bertz CT molecular complexity index is 498. The number of aliphatic hydroxyl groups is 1. The molecule has 2 rings (SSSR count). The molecule has 1 fully saturated rings. The molecule has 2 heterocycles. The SMILES string of the molecule is CNc1ncc(F)cc1C(=O)N1CC(C)OC(CO)C1. The first-order valence-electron chi connectivity index (χ1n) is 6.44. The molecule has 0 bridgehead atoms. The number of nitrogens with zero attached hydrogens (tertiary/aromatic N) is 2. The highest BCUT2D eigenvalue weighted by atomic mass is 19.1. The molecule has 0 aromatic carbocycles. The Morgan fingerprint density at radius 2 is 2.40 bits per heavy atom. The van der Waals surface area contributed by atoms with Crippen molar-refractivity contribution in [1.29, 1.82) is 0 Å². The zero-order valence-electron chi connectivity index (χ0n) is 11.5. The van der Waals surface area contributed by atoms with E-state index in [1.54, 1.807) is 11.9 Å². The Morgan fingerprint density at radius 1 is 1.65 bits per heavy atom. The number of hydrogen-bond donors (Lipinski definition) is 2. The molecule has 0 spiro atoms. The van der Waals surface area contributed by atoms with Gasteiger partial charge < -0.3 is 20.1 Å². The molecule has 0 radical (unpaired) electrons. The van der Waals surface area contributed by atoms with Crippen LogP contribution in [0.25, 0.3) is 0 Å². The number of carbonyl (C=O) groups is 1. The molecule has 110 valence electrons. The first kappa shape index (κ1) is 14.7. The van der Waals surface area contributed by atoms with Crippen LogP contribution in [-0.4, -0.2) is 59.8 Å². The normalized spacial score (nSPS) is 22.7. The maximum Gasteiger partial charge on any atom is 0.257 e. The topological polar surface area (TPSA) is 74.7 Å². The van der Waals surface area contributed by atoms with Crippen molar-refractivity contribution in [1.82, 2.24) is 9.88 Å². The van der Waals surface area contributed by atoms with Gasteiger partial charge in [-0.15, -0.1) is 0 Å². The molecule has 1 amide bonds. The molecule has 1 aliphatic heterocycles. The lowest BCUT2D eigenvalue weighted by atomic mass is 10.1. The quantitative estimate of drug-likeness (QED) is 0.844. The fourth-order valence-electron chi connectivity index (χ4n) is 2.28. The summed E-state index contributed by atoms with van der Waals surface area (Å²) in [7, 11) is 1.62. The van der Waals surface area contributed by atoms with E-state index < -0.39 is 11.9 Å². The van der Waals surface area contributed by atoms with Gasteiger partial charge in [-0.25, -0.2) is 9.37 Å². The minimum absolute atomic E-state index is 0.158. The van der Waals surface area contributed by atoms with Crippen molar-refractivity contribution in [2.45, 2.75) is 19.1 Å². The molecule has 2 atom stereocenters. The number of rotatable bonds is 3. The van der Waals surface area contributed by atoms with Gasteiger partial charge >= 0.3 is 0 Å². The minimum Gasteiger partial charge on any atom is -0.394 e. The molecule has 2 unspecified atom stereocenters. The number of hydrogen-bond acceptors (Lipinski definition) is 5. The van der Waals surface area contributed by atoms with Gasteiger partial charge in [0, 0.05) is 20.1 Å². The zero-order chi connectivity index (χ0) is 14.7. The second-order valence-corrected chi connectivity index (χ2v) is 4.76. The van der Waals surface area contributed by atoms with E-state index in [2.05, 4.69) is 10.3 Å². The molecule has 0 saturated carbocycles. The van der Waals surface area contributed by atoms with Gasteiger partial charge in [-0.1, -0.05) is 0 Å². The van der Waals surface area contributed by atoms with Crippen molar-refractivity contribution < 1.29 is 19.0 Å². The van der Waals surface area contributed by atoms with Gasteiger partial charge in [0.15, 0.2) is 0 Å². The maximum atomic E-state index is 13.3. The smallest absolute Gasteiger partial charge is 0.257 e. The number of morpholine rings is 1. The highest BCUT2D eigenvalue weighted by Gasteiger charge is 2.30. The second-order valence-electron chi connectivity index (χ2n) is 4.76. The van der Waals surface area contributed by atoms with Crippen LogP contribution < -0.4 is 5.32 Å². The first-order valence-corrected chi connectivity index (χ1v) is 6.44. The Kier molecular flexibility index (Phi) is 4.51. The first-order chi connectivity index (χ1) is 9.55. The molecule has 20 heavy (non-hydrogen) atoms. The number of amides is 1. The fraction of sp³-hybridized carbons (Fsp3) is 0.538. The number of nitrogens with one attached hydrogen (secondary N) is 1. The Morgan fingerprint density at radius 3 is 3.05 bits per heavy atom. The molecule has 1 saturated heterocycles. The monoisotopic (exact) mass is 283 g/mol. The van der Waals surface area contributed by atoms with Crippen molar-refractivity contribution in [2.75, 3.05) is 32.1 Å². The molecule has 7 heteroatoms. The molecule has 6 nitrogen and oxygen atoms in total. The van der Waals surface area contributed by atoms with Crippen LogP contribution in [0.5, 0.6) is 0 Å². The number of carbonyl (C=O) groups excluding carboxylic acids is 1. The van der Waals surface area contributed by atoms with Gasteiger partial charge in [0.1, 0.15) is 11.6 Å². The Balaban J connectivity index is 2.24. The Labute approximate surface area is 116 Å². The molecule has 1 aromatic rings. The van der Waals surface area contributed by atoms with Gasteiger partial charge in [-0.05, 0) is 13.0 Å². The van der Waals surface area contributed by atoms with Crippen LogP contribution in [0.2, 0.25) is 0 Å². The van der Waals surface area contributed by atoms with Crippen LogP contribution in [0.1, 0.15) is 17.3 Å². The van der Waals surface area contributed by atoms with Crippen LogP contribution in [-0.2, 0) is 4.74 Å². The average molecular weight is 283 g/mol. The van der Waals surface area contributed by atoms with E-state index in [1.807, 2.05) is 6.92 Å². The van der Waals surface area contributed by atoms with Crippen LogP contribution in [0.3, 0.4) is 0 Å². The standard InChI is InChI=1S/C13H18FN3O3/c1-8-5-17(6-10(7-18)20-8)13(19)11-3-9(14)4-16-12(11)15-2/h3-4,8,10,18H,5-7H2,1-2H3,(H,15,16). The van der Waals surface area contributed by atoms with Gasteiger partial charge in [0.25, 0.3) is 5.91 Å². The van der Waals surface area contributed by atoms with Crippen molar-refractivity contribution >= 4 is 11.7 Å². The summed E-state index contributed by atoms with van der Waals surface area (Å²) in [4.78, 5) is 17.9. The van der Waals surface area contributed by atoms with Crippen LogP contribution >= 0.6 is 0 Å². The van der Waals surface area contributed by atoms with Crippen molar-refractivity contribution in [3.05, 3.63) is 23.6 Å². The summed E-state index contributed by atoms with van der Waals surface area (Å²) in [6.07, 6.45) is 0.466. The number of ether oxygens (including phenoxy) is 1. The molecule has 2 N–H and O–H groups in total. The van der Waals surface area contributed by atoms with Gasteiger partial charge in [-0.3, -0.25) is 4.79 Å². The number of aliphatic hydroxyl groups excluding tert-OH is 1. The van der Waals surface area contributed by atoms with E-state index in [0.717, 1.165) is 12.3 Å². The van der Waals surface area contributed by atoms with E-state index in [-0.39, 0.29) is 30.7 Å². The fourth-order valence-corrected chi connectivity index (χ4v) is 2.28. The highest BCUT2D eigenvalue weighted by Crippen LogP contribution is 2.19. The number of anilines is 1. The average Bonchev–Trinajstić information content (AvgIpc) is 2.45. The second kappa shape index (κ2) is 6.15. The number of halogens is 1. The van der Waals surface area contributed by atoms with E-state index in [9.17, 15) is 14.3 Å². The summed E-state index contributed by atoms with van der Waals surface area (Å²) >= 11 is 0. The molecule has 1 aromatic heterocycles. The zero-order valence-corrected chi connectivity index (χ0v) is 11.5. The van der Waals surface area contributed by atoms with Gasteiger partial charge in [0.05, 0.1) is 30.6 Å². The maximum absolute atomic E-state index is 13.3. The van der Waals surface area contributed by atoms with Crippen LogP contribution in [0.15, 0.2) is 12.3 Å². The van der Waals surface area contributed by atoms with E-state index in [4.69, 9.17) is 4.74 Å². The number of aromatic nitrogens is 1. The summed E-state index contributed by atoms with van der Waals surface area (Å²) in [5, 5.41) is 11.9. The summed E-state index contributed by atoms with van der Waals surface area (Å²) in [6, 6.07) is 1.16. The molecule has 0 aliphatic carbocycles. The van der Waals surface area contributed by atoms with Crippen LogP contribution in [0, 0.1) is 5.82 Å². The van der Waals surface area contributed by atoms with Crippen molar-refractivity contribution in [2.24, 2.45) is 0 Å². The molecular formula is C13H18FN3O3. The third-order valence-corrected chi connectivity index (χ3v) is 3.14. The Hall–Kier alpha value is -1.73. The van der Waals surface area contributed by atoms with Crippen molar-refractivity contribution in [3.63, 3.8) is 0 Å². The third-order valence-electron chi connectivity index (χ3n) is 3.14. The minimum atomic E-state index is -0.563. The largest absolute Gasteiger partial charge is 0.394 e. The van der Waals surface area contributed by atoms with E-state index in [0.29, 0.717) is 12.4 Å². The highest BCUT2D eigenvalue weighted by molar-refractivity contribution is 5.98. The van der Waals surface area contributed by atoms with Crippen LogP contribution in [0.4, 0.5) is 10.2 Å². The van der Waals surface area contributed by atoms with E-state index in [1.165, 1.54) is 0 Å².